The Morgan fingerprint density at radius 3 is 2.81 bits per heavy atom. The van der Waals surface area contributed by atoms with Crippen LogP contribution >= 0.6 is 11.6 Å². The highest BCUT2D eigenvalue weighted by Crippen LogP contribution is 2.20. The second-order valence-electron chi connectivity index (χ2n) is 4.31. The summed E-state index contributed by atoms with van der Waals surface area (Å²) in [5.74, 6) is 4.90. The number of nitrogens with one attached hydrogen (secondary N) is 1. The number of anilines is 1. The van der Waals surface area contributed by atoms with Gasteiger partial charge in [-0.3, -0.25) is 4.79 Å². The van der Waals surface area contributed by atoms with Crippen LogP contribution in [0.25, 0.3) is 0 Å². The zero-order valence-corrected chi connectivity index (χ0v) is 12.1. The number of nitrogens with zero attached hydrogens (tertiary/aromatic N) is 1. The first kappa shape index (κ1) is 15.0. The SMILES string of the molecule is Cc1ccc(NC(=O)c2ccc(C#CCO)cn2)cc1Cl. The summed E-state index contributed by atoms with van der Waals surface area (Å²) in [6, 6.07) is 8.55. The van der Waals surface area contributed by atoms with Crippen molar-refractivity contribution in [2.24, 2.45) is 0 Å². The number of amides is 1. The molecule has 0 bridgehead atoms. The minimum Gasteiger partial charge on any atom is -0.384 e. The third kappa shape index (κ3) is 4.06. The Hall–Kier alpha value is -2.35. The van der Waals surface area contributed by atoms with Gasteiger partial charge in [0.2, 0.25) is 0 Å². The van der Waals surface area contributed by atoms with E-state index in [2.05, 4.69) is 22.1 Å². The first-order valence-electron chi connectivity index (χ1n) is 6.23. The van der Waals surface area contributed by atoms with Crippen molar-refractivity contribution in [1.29, 1.82) is 0 Å². The molecule has 2 aromatic rings. The number of benzene rings is 1. The third-order valence-corrected chi connectivity index (χ3v) is 3.14. The molecule has 1 heterocycles. The van der Waals surface area contributed by atoms with Gasteiger partial charge in [-0.2, -0.15) is 0 Å². The molecule has 1 aromatic heterocycles. The van der Waals surface area contributed by atoms with E-state index in [0.29, 0.717) is 16.3 Å². The standard InChI is InChI=1S/C16H13ClN2O2/c1-11-4-6-13(9-14(11)17)19-16(21)15-7-5-12(10-18-15)3-2-8-20/h4-7,9-10,20H,8H2,1H3,(H,19,21). The van der Waals surface area contributed by atoms with Crippen LogP contribution in [0.2, 0.25) is 5.02 Å². The highest BCUT2D eigenvalue weighted by Gasteiger charge is 2.08. The maximum atomic E-state index is 12.0. The molecule has 0 spiro atoms. The molecular formula is C16H13ClN2O2. The predicted octanol–water partition coefficient (Wildman–Crippen LogP) is 2.64. The topological polar surface area (TPSA) is 62.2 Å². The Labute approximate surface area is 127 Å². The van der Waals surface area contributed by atoms with Crippen molar-refractivity contribution in [3.63, 3.8) is 0 Å². The summed E-state index contributed by atoms with van der Waals surface area (Å²) in [5, 5.41) is 11.9. The van der Waals surface area contributed by atoms with Crippen molar-refractivity contribution in [1.82, 2.24) is 4.98 Å². The van der Waals surface area contributed by atoms with Crippen LogP contribution in [0, 0.1) is 18.8 Å². The Bertz CT molecular complexity index is 715. The molecule has 0 aliphatic heterocycles. The summed E-state index contributed by atoms with van der Waals surface area (Å²) < 4.78 is 0. The van der Waals surface area contributed by atoms with Gasteiger partial charge in [-0.05, 0) is 36.8 Å². The van der Waals surface area contributed by atoms with E-state index in [1.165, 1.54) is 6.20 Å². The Kier molecular flexibility index (Phi) is 4.94. The van der Waals surface area contributed by atoms with Crippen LogP contribution in [0.4, 0.5) is 5.69 Å². The number of halogens is 1. The normalized spacial score (nSPS) is 9.67. The first-order valence-corrected chi connectivity index (χ1v) is 6.61. The highest BCUT2D eigenvalue weighted by atomic mass is 35.5. The molecule has 0 atom stereocenters. The van der Waals surface area contributed by atoms with E-state index in [1.54, 1.807) is 24.3 Å². The summed E-state index contributed by atoms with van der Waals surface area (Å²) >= 11 is 6.01. The molecule has 0 fully saturated rings. The average molecular weight is 301 g/mol. The molecule has 0 unspecified atom stereocenters. The number of aliphatic hydroxyl groups is 1. The number of rotatable bonds is 2. The number of aliphatic hydroxyl groups excluding tert-OH is 1. The Balaban J connectivity index is 2.11. The molecule has 2 rings (SSSR count). The van der Waals surface area contributed by atoms with Crippen molar-refractivity contribution in [2.45, 2.75) is 6.92 Å². The molecule has 0 aliphatic carbocycles. The fourth-order valence-electron chi connectivity index (χ4n) is 1.61. The van der Waals surface area contributed by atoms with Crippen LogP contribution in [0.15, 0.2) is 36.5 Å². The molecule has 4 nitrogen and oxygen atoms in total. The molecule has 0 saturated carbocycles. The number of hydrogen-bond donors (Lipinski definition) is 2. The molecular weight excluding hydrogens is 288 g/mol. The molecule has 21 heavy (non-hydrogen) atoms. The fraction of sp³-hybridized carbons (Fsp3) is 0.125. The van der Waals surface area contributed by atoms with E-state index in [-0.39, 0.29) is 18.2 Å². The van der Waals surface area contributed by atoms with E-state index < -0.39 is 0 Å². The van der Waals surface area contributed by atoms with E-state index >= 15 is 0 Å². The molecule has 2 N–H and O–H groups in total. The average Bonchev–Trinajstić information content (AvgIpc) is 2.49. The molecule has 0 saturated heterocycles. The third-order valence-electron chi connectivity index (χ3n) is 2.74. The molecule has 0 radical (unpaired) electrons. The van der Waals surface area contributed by atoms with Crippen LogP contribution in [0.3, 0.4) is 0 Å². The number of pyridine rings is 1. The Morgan fingerprint density at radius 1 is 1.38 bits per heavy atom. The second kappa shape index (κ2) is 6.89. The van der Waals surface area contributed by atoms with Crippen LogP contribution in [-0.4, -0.2) is 22.6 Å². The van der Waals surface area contributed by atoms with Gasteiger partial charge in [-0.1, -0.05) is 29.5 Å². The minimum absolute atomic E-state index is 0.212. The second-order valence-corrected chi connectivity index (χ2v) is 4.72. The quantitative estimate of drug-likeness (QED) is 0.838. The van der Waals surface area contributed by atoms with Gasteiger partial charge in [-0.15, -0.1) is 0 Å². The summed E-state index contributed by atoms with van der Waals surface area (Å²) in [5.41, 5.74) is 2.47. The zero-order chi connectivity index (χ0) is 15.2. The van der Waals surface area contributed by atoms with E-state index in [4.69, 9.17) is 16.7 Å². The number of carbonyl (C=O) groups excluding carboxylic acids is 1. The lowest BCUT2D eigenvalue weighted by molar-refractivity contribution is 0.102. The lowest BCUT2D eigenvalue weighted by Crippen LogP contribution is -2.13. The molecule has 106 valence electrons. The Morgan fingerprint density at radius 2 is 2.19 bits per heavy atom. The molecule has 5 heteroatoms. The smallest absolute Gasteiger partial charge is 0.274 e. The maximum absolute atomic E-state index is 12.0. The minimum atomic E-state index is -0.323. The van der Waals surface area contributed by atoms with Gasteiger partial charge in [0.15, 0.2) is 0 Å². The zero-order valence-electron chi connectivity index (χ0n) is 11.4. The highest BCUT2D eigenvalue weighted by molar-refractivity contribution is 6.31. The van der Waals surface area contributed by atoms with Crippen LogP contribution in [-0.2, 0) is 0 Å². The monoisotopic (exact) mass is 300 g/mol. The van der Waals surface area contributed by atoms with Crippen LogP contribution in [0.1, 0.15) is 21.6 Å². The first-order chi connectivity index (χ1) is 10.1. The summed E-state index contributed by atoms with van der Waals surface area (Å²) in [7, 11) is 0. The number of aryl methyl sites for hydroxylation is 1. The van der Waals surface area contributed by atoms with Gasteiger partial charge in [0.05, 0.1) is 0 Å². The van der Waals surface area contributed by atoms with Gasteiger partial charge in [0, 0.05) is 22.5 Å². The van der Waals surface area contributed by atoms with Gasteiger partial charge in [0.25, 0.3) is 5.91 Å². The van der Waals surface area contributed by atoms with Gasteiger partial charge in [-0.25, -0.2) is 4.98 Å². The van der Waals surface area contributed by atoms with Crippen molar-refractivity contribution in [2.75, 3.05) is 11.9 Å². The number of carbonyl (C=O) groups is 1. The number of aromatic nitrogens is 1. The van der Waals surface area contributed by atoms with Crippen molar-refractivity contribution >= 4 is 23.2 Å². The number of hydrogen-bond acceptors (Lipinski definition) is 3. The van der Waals surface area contributed by atoms with Gasteiger partial charge in [0.1, 0.15) is 12.3 Å². The van der Waals surface area contributed by atoms with E-state index in [0.717, 1.165) is 5.56 Å². The predicted molar refractivity (Wildman–Crippen MR) is 82.3 cm³/mol. The van der Waals surface area contributed by atoms with E-state index in [1.807, 2.05) is 13.0 Å². The molecule has 0 aliphatic rings. The molecule has 1 aromatic carbocycles. The lowest BCUT2D eigenvalue weighted by atomic mass is 10.2. The van der Waals surface area contributed by atoms with Crippen LogP contribution < -0.4 is 5.32 Å². The summed E-state index contributed by atoms with van der Waals surface area (Å²) in [6.07, 6.45) is 1.49. The summed E-state index contributed by atoms with van der Waals surface area (Å²) in [6.45, 7) is 1.68. The van der Waals surface area contributed by atoms with Crippen molar-refractivity contribution in [3.05, 3.63) is 58.4 Å². The van der Waals surface area contributed by atoms with Gasteiger partial charge >= 0.3 is 0 Å². The van der Waals surface area contributed by atoms with Gasteiger partial charge < -0.3 is 10.4 Å². The lowest BCUT2D eigenvalue weighted by Gasteiger charge is -2.06. The fourth-order valence-corrected chi connectivity index (χ4v) is 1.79. The largest absolute Gasteiger partial charge is 0.384 e. The van der Waals surface area contributed by atoms with E-state index in [9.17, 15) is 4.79 Å². The summed E-state index contributed by atoms with van der Waals surface area (Å²) in [4.78, 5) is 16.1. The van der Waals surface area contributed by atoms with Crippen molar-refractivity contribution < 1.29 is 9.90 Å². The van der Waals surface area contributed by atoms with Crippen LogP contribution in [0.5, 0.6) is 0 Å². The van der Waals surface area contributed by atoms with Crippen molar-refractivity contribution in [3.8, 4) is 11.8 Å². The molecule has 1 amide bonds. The maximum Gasteiger partial charge on any atom is 0.274 e.